The van der Waals surface area contributed by atoms with Gasteiger partial charge < -0.3 is 9.84 Å². The smallest absolute Gasteiger partial charge is 0.345 e. The molecule has 1 N–H and O–H groups in total. The van der Waals surface area contributed by atoms with E-state index in [9.17, 15) is 4.79 Å². The molecule has 0 saturated carbocycles. The lowest BCUT2D eigenvalue weighted by Gasteiger charge is -2.03. The molecule has 0 fully saturated rings. The van der Waals surface area contributed by atoms with E-state index in [1.54, 1.807) is 18.2 Å². The highest BCUT2D eigenvalue weighted by Gasteiger charge is 2.28. The van der Waals surface area contributed by atoms with Gasteiger partial charge in [-0.2, -0.15) is 0 Å². The van der Waals surface area contributed by atoms with Crippen LogP contribution < -0.4 is 4.74 Å². The Balaban J connectivity index is 2.30. The third-order valence-electron chi connectivity index (χ3n) is 1.98. The van der Waals surface area contributed by atoms with Crippen molar-refractivity contribution in [1.29, 1.82) is 0 Å². The highest BCUT2D eigenvalue weighted by atomic mass is 35.5. The van der Waals surface area contributed by atoms with Crippen molar-refractivity contribution in [2.45, 2.75) is 12.5 Å². The summed E-state index contributed by atoms with van der Waals surface area (Å²) in [6, 6.07) is 5.16. The Morgan fingerprint density at radius 3 is 3.08 bits per heavy atom. The largest absolute Gasteiger partial charge is 0.478 e. The zero-order chi connectivity index (χ0) is 9.42. The van der Waals surface area contributed by atoms with Crippen LogP contribution in [0.25, 0.3) is 0 Å². The van der Waals surface area contributed by atoms with Gasteiger partial charge >= 0.3 is 5.97 Å². The molecule has 0 saturated heterocycles. The average Bonchev–Trinajstić information content (AvgIpc) is 2.46. The normalized spacial score (nSPS) is 19.3. The van der Waals surface area contributed by atoms with E-state index in [0.717, 1.165) is 5.56 Å². The molecular weight excluding hydrogens is 192 g/mol. The maximum Gasteiger partial charge on any atom is 0.345 e. The lowest BCUT2D eigenvalue weighted by molar-refractivity contribution is -0.144. The topological polar surface area (TPSA) is 46.5 Å². The van der Waals surface area contributed by atoms with Gasteiger partial charge in [-0.15, -0.1) is 0 Å². The third-order valence-corrected chi connectivity index (χ3v) is 2.21. The van der Waals surface area contributed by atoms with E-state index in [4.69, 9.17) is 21.4 Å². The molecule has 0 aliphatic carbocycles. The molecule has 1 aromatic carbocycles. The predicted molar refractivity (Wildman–Crippen MR) is 47.2 cm³/mol. The monoisotopic (exact) mass is 198 g/mol. The molecular formula is C9H7ClO3. The number of fused-ring (bicyclic) bond motifs is 1. The van der Waals surface area contributed by atoms with E-state index in [1.165, 1.54) is 0 Å². The van der Waals surface area contributed by atoms with Crippen LogP contribution in [-0.2, 0) is 11.2 Å². The van der Waals surface area contributed by atoms with Crippen molar-refractivity contribution in [1.82, 2.24) is 0 Å². The number of benzene rings is 1. The Bertz CT molecular complexity index is 362. The molecule has 0 bridgehead atoms. The molecule has 13 heavy (non-hydrogen) atoms. The van der Waals surface area contributed by atoms with Crippen LogP contribution in [0.4, 0.5) is 0 Å². The summed E-state index contributed by atoms with van der Waals surface area (Å²) in [7, 11) is 0. The lowest BCUT2D eigenvalue weighted by atomic mass is 10.1. The summed E-state index contributed by atoms with van der Waals surface area (Å²) < 4.78 is 5.17. The molecule has 1 aromatic rings. The first-order chi connectivity index (χ1) is 6.16. The summed E-state index contributed by atoms with van der Waals surface area (Å²) in [5.41, 5.74) is 0.900. The second-order valence-corrected chi connectivity index (χ2v) is 3.34. The maximum absolute atomic E-state index is 10.6. The second kappa shape index (κ2) is 2.92. The minimum atomic E-state index is -0.938. The maximum atomic E-state index is 10.6. The summed E-state index contributed by atoms with van der Waals surface area (Å²) in [6.07, 6.45) is -0.338. The molecule has 68 valence electrons. The van der Waals surface area contributed by atoms with E-state index < -0.39 is 12.1 Å². The molecule has 2 rings (SSSR count). The van der Waals surface area contributed by atoms with E-state index >= 15 is 0 Å². The quantitative estimate of drug-likeness (QED) is 0.748. The predicted octanol–water partition coefficient (Wildman–Crippen LogP) is 1.73. The molecule has 1 aliphatic rings. The van der Waals surface area contributed by atoms with Crippen LogP contribution in [0.2, 0.25) is 5.02 Å². The van der Waals surface area contributed by atoms with E-state index in [2.05, 4.69) is 0 Å². The molecule has 4 heteroatoms. The van der Waals surface area contributed by atoms with Crippen molar-refractivity contribution in [3.63, 3.8) is 0 Å². The summed E-state index contributed by atoms with van der Waals surface area (Å²) in [4.78, 5) is 10.6. The number of carbonyl (C=O) groups is 1. The van der Waals surface area contributed by atoms with Crippen LogP contribution in [0.15, 0.2) is 18.2 Å². The minimum Gasteiger partial charge on any atom is -0.478 e. The van der Waals surface area contributed by atoms with Crippen molar-refractivity contribution in [2.24, 2.45) is 0 Å². The summed E-state index contributed by atoms with van der Waals surface area (Å²) in [5.74, 6) is -0.354. The van der Waals surface area contributed by atoms with Gasteiger partial charge in [0.25, 0.3) is 0 Å². The van der Waals surface area contributed by atoms with Gasteiger partial charge in [-0.05, 0) is 17.7 Å². The van der Waals surface area contributed by atoms with Crippen molar-refractivity contribution in [2.75, 3.05) is 0 Å². The molecule has 1 atom stereocenters. The molecule has 1 heterocycles. The zero-order valence-corrected chi connectivity index (χ0v) is 7.41. The highest BCUT2D eigenvalue weighted by Crippen LogP contribution is 2.31. The Labute approximate surface area is 79.9 Å². The van der Waals surface area contributed by atoms with Crippen LogP contribution in [-0.4, -0.2) is 17.2 Å². The number of carboxylic acids is 1. The van der Waals surface area contributed by atoms with E-state index in [1.807, 2.05) is 0 Å². The number of hydrogen-bond acceptors (Lipinski definition) is 2. The number of rotatable bonds is 1. The Hall–Kier alpha value is -1.22. The van der Waals surface area contributed by atoms with Gasteiger partial charge in [0, 0.05) is 11.4 Å². The molecule has 3 nitrogen and oxygen atoms in total. The van der Waals surface area contributed by atoms with Crippen LogP contribution >= 0.6 is 11.6 Å². The van der Waals surface area contributed by atoms with Crippen molar-refractivity contribution >= 4 is 17.6 Å². The zero-order valence-electron chi connectivity index (χ0n) is 6.66. The van der Waals surface area contributed by atoms with Gasteiger partial charge in [-0.1, -0.05) is 17.7 Å². The molecule has 0 aromatic heterocycles. The molecule has 1 aliphatic heterocycles. The molecule has 0 amide bonds. The number of halogens is 1. The standard InChI is InChI=1S/C9H7ClO3/c10-6-2-1-5-3-8(9(11)12)13-7(5)4-6/h1-2,4,8H,3H2,(H,11,12)/t8-/m0/s1. The van der Waals surface area contributed by atoms with Crippen LogP contribution in [0, 0.1) is 0 Å². The lowest BCUT2D eigenvalue weighted by Crippen LogP contribution is -2.24. The van der Waals surface area contributed by atoms with Gasteiger partial charge in [-0.3, -0.25) is 0 Å². The molecule has 0 spiro atoms. The highest BCUT2D eigenvalue weighted by molar-refractivity contribution is 6.30. The SMILES string of the molecule is O=C(O)[C@@H]1Cc2ccc(Cl)cc2O1. The molecule has 0 radical (unpaired) electrons. The van der Waals surface area contributed by atoms with Gasteiger partial charge in [0.1, 0.15) is 5.75 Å². The fraction of sp³-hybridized carbons (Fsp3) is 0.222. The van der Waals surface area contributed by atoms with Crippen LogP contribution in [0.5, 0.6) is 5.75 Å². The van der Waals surface area contributed by atoms with Crippen molar-refractivity contribution in [3.8, 4) is 5.75 Å². The first-order valence-corrected chi connectivity index (χ1v) is 4.22. The third kappa shape index (κ3) is 1.47. The van der Waals surface area contributed by atoms with Crippen LogP contribution in [0.1, 0.15) is 5.56 Å². The fourth-order valence-electron chi connectivity index (χ4n) is 1.34. The van der Waals surface area contributed by atoms with Gasteiger partial charge in [0.05, 0.1) is 0 Å². The second-order valence-electron chi connectivity index (χ2n) is 2.90. The fourth-order valence-corrected chi connectivity index (χ4v) is 1.50. The minimum absolute atomic E-state index is 0.418. The van der Waals surface area contributed by atoms with Gasteiger partial charge in [-0.25, -0.2) is 4.79 Å². The first kappa shape index (κ1) is 8.38. The van der Waals surface area contributed by atoms with Crippen molar-refractivity contribution < 1.29 is 14.6 Å². The first-order valence-electron chi connectivity index (χ1n) is 3.85. The summed E-state index contributed by atoms with van der Waals surface area (Å²) in [6.45, 7) is 0. The number of carboxylic acid groups (broad SMARTS) is 1. The average molecular weight is 199 g/mol. The number of ether oxygens (including phenoxy) is 1. The summed E-state index contributed by atoms with van der Waals surface area (Å²) >= 11 is 5.72. The van der Waals surface area contributed by atoms with E-state index in [0.29, 0.717) is 17.2 Å². The summed E-state index contributed by atoms with van der Waals surface area (Å²) in [5, 5.41) is 9.26. The number of aliphatic carboxylic acids is 1. The Kier molecular flexibility index (Phi) is 1.88. The Morgan fingerprint density at radius 2 is 2.38 bits per heavy atom. The number of hydrogen-bond donors (Lipinski definition) is 1. The van der Waals surface area contributed by atoms with E-state index in [-0.39, 0.29) is 0 Å². The van der Waals surface area contributed by atoms with Crippen molar-refractivity contribution in [3.05, 3.63) is 28.8 Å². The molecule has 0 unspecified atom stereocenters. The Morgan fingerprint density at radius 1 is 1.62 bits per heavy atom. The van der Waals surface area contributed by atoms with Gasteiger partial charge in [0.15, 0.2) is 6.10 Å². The van der Waals surface area contributed by atoms with Crippen LogP contribution in [0.3, 0.4) is 0 Å². The van der Waals surface area contributed by atoms with Gasteiger partial charge in [0.2, 0.25) is 0 Å².